The zero-order chi connectivity index (χ0) is 23.9. The van der Waals surface area contributed by atoms with E-state index in [0.29, 0.717) is 0 Å². The van der Waals surface area contributed by atoms with Crippen LogP contribution >= 0.6 is 22.7 Å². The standard InChI is InChI=1S/C31H19N3S2/c1-3-10-28-26(6-1)33-30(35-28)22-16-12-20(13-17-22)24-8-5-9-25(32-24)21-14-18-23(19-15-21)31-34-27-7-2-4-11-29(27)36-31/h1-19H. The summed E-state index contributed by atoms with van der Waals surface area (Å²) in [7, 11) is 0. The fraction of sp³-hybridized carbons (Fsp3) is 0. The lowest BCUT2D eigenvalue weighted by Crippen LogP contribution is -1.88. The van der Waals surface area contributed by atoms with Gasteiger partial charge in [0.2, 0.25) is 0 Å². The maximum atomic E-state index is 4.96. The topological polar surface area (TPSA) is 38.7 Å². The van der Waals surface area contributed by atoms with E-state index in [1.54, 1.807) is 22.7 Å². The lowest BCUT2D eigenvalue weighted by atomic mass is 10.1. The van der Waals surface area contributed by atoms with Crippen LogP contribution in [-0.2, 0) is 0 Å². The van der Waals surface area contributed by atoms with Crippen LogP contribution in [0.3, 0.4) is 0 Å². The molecule has 0 aliphatic rings. The first-order valence-corrected chi connectivity index (χ1v) is 13.3. The molecule has 5 heteroatoms. The van der Waals surface area contributed by atoms with Crippen LogP contribution in [0.15, 0.2) is 115 Å². The van der Waals surface area contributed by atoms with Crippen molar-refractivity contribution in [2.45, 2.75) is 0 Å². The van der Waals surface area contributed by atoms with Gasteiger partial charge in [0.25, 0.3) is 0 Å². The molecule has 0 amide bonds. The third-order valence-electron chi connectivity index (χ3n) is 6.19. The van der Waals surface area contributed by atoms with Crippen molar-refractivity contribution in [3.63, 3.8) is 0 Å². The third-order valence-corrected chi connectivity index (χ3v) is 8.36. The summed E-state index contributed by atoms with van der Waals surface area (Å²) in [5, 5.41) is 2.08. The fourth-order valence-corrected chi connectivity index (χ4v) is 6.26. The van der Waals surface area contributed by atoms with Gasteiger partial charge in [0.05, 0.1) is 31.8 Å². The molecule has 0 aliphatic heterocycles. The normalized spacial score (nSPS) is 11.3. The monoisotopic (exact) mass is 497 g/mol. The molecule has 0 radical (unpaired) electrons. The summed E-state index contributed by atoms with van der Waals surface area (Å²) in [6.07, 6.45) is 0. The molecule has 3 heterocycles. The summed E-state index contributed by atoms with van der Waals surface area (Å²) in [6.45, 7) is 0. The van der Waals surface area contributed by atoms with Crippen molar-refractivity contribution >= 4 is 43.1 Å². The minimum absolute atomic E-state index is 0.957. The summed E-state index contributed by atoms with van der Waals surface area (Å²) in [5.74, 6) is 0. The van der Waals surface area contributed by atoms with E-state index in [1.807, 2.05) is 12.1 Å². The Morgan fingerprint density at radius 1 is 0.361 bits per heavy atom. The second kappa shape index (κ2) is 8.79. The highest BCUT2D eigenvalue weighted by Crippen LogP contribution is 2.33. The Morgan fingerprint density at radius 3 is 1.22 bits per heavy atom. The lowest BCUT2D eigenvalue weighted by molar-refractivity contribution is 1.32. The molecular formula is C31H19N3S2. The molecule has 0 N–H and O–H groups in total. The quantitative estimate of drug-likeness (QED) is 0.244. The van der Waals surface area contributed by atoms with Crippen LogP contribution in [-0.4, -0.2) is 15.0 Å². The smallest absolute Gasteiger partial charge is 0.124 e. The molecule has 7 rings (SSSR count). The van der Waals surface area contributed by atoms with Gasteiger partial charge in [0.15, 0.2) is 0 Å². The minimum Gasteiger partial charge on any atom is -0.248 e. The van der Waals surface area contributed by atoms with Crippen LogP contribution in [0, 0.1) is 0 Å². The maximum absolute atomic E-state index is 4.96. The van der Waals surface area contributed by atoms with Gasteiger partial charge in [-0.05, 0) is 36.4 Å². The van der Waals surface area contributed by atoms with Crippen molar-refractivity contribution in [1.82, 2.24) is 15.0 Å². The molecule has 0 bridgehead atoms. The van der Waals surface area contributed by atoms with Gasteiger partial charge in [-0.3, -0.25) is 0 Å². The van der Waals surface area contributed by atoms with Crippen molar-refractivity contribution in [3.8, 4) is 43.7 Å². The van der Waals surface area contributed by atoms with Crippen LogP contribution < -0.4 is 0 Å². The Morgan fingerprint density at radius 2 is 0.778 bits per heavy atom. The highest BCUT2D eigenvalue weighted by atomic mass is 32.1. The summed E-state index contributed by atoms with van der Waals surface area (Å²) < 4.78 is 2.42. The number of aromatic nitrogens is 3. The predicted molar refractivity (Wildman–Crippen MR) is 152 cm³/mol. The fourth-order valence-electron chi connectivity index (χ4n) is 4.31. The molecule has 0 atom stereocenters. The van der Waals surface area contributed by atoms with Gasteiger partial charge in [-0.25, -0.2) is 15.0 Å². The number of thiazole rings is 2. The van der Waals surface area contributed by atoms with E-state index < -0.39 is 0 Å². The number of fused-ring (bicyclic) bond motifs is 2. The van der Waals surface area contributed by atoms with Gasteiger partial charge >= 0.3 is 0 Å². The van der Waals surface area contributed by atoms with Crippen LogP contribution in [0.4, 0.5) is 0 Å². The SMILES string of the molecule is c1cc(-c2ccc(-c3nc4ccccc4s3)cc2)nc(-c2ccc(-c3nc4ccccc4s3)cc2)c1. The van der Waals surface area contributed by atoms with Crippen molar-refractivity contribution < 1.29 is 0 Å². The van der Waals surface area contributed by atoms with Crippen LogP contribution in [0.5, 0.6) is 0 Å². The highest BCUT2D eigenvalue weighted by molar-refractivity contribution is 7.22. The molecule has 4 aromatic carbocycles. The largest absolute Gasteiger partial charge is 0.248 e. The third kappa shape index (κ3) is 3.88. The molecule has 0 fully saturated rings. The van der Waals surface area contributed by atoms with E-state index in [-0.39, 0.29) is 0 Å². The van der Waals surface area contributed by atoms with Crippen molar-refractivity contribution in [3.05, 3.63) is 115 Å². The number of para-hydroxylation sites is 2. The average molecular weight is 498 g/mol. The first-order valence-electron chi connectivity index (χ1n) is 11.7. The van der Waals surface area contributed by atoms with Gasteiger partial charge in [0, 0.05) is 22.3 Å². The van der Waals surface area contributed by atoms with Crippen LogP contribution in [0.25, 0.3) is 64.1 Å². The Kier molecular flexibility index (Phi) is 5.16. The van der Waals surface area contributed by atoms with E-state index in [0.717, 1.165) is 54.7 Å². The average Bonchev–Trinajstić information content (AvgIpc) is 3.58. The predicted octanol–water partition coefficient (Wildman–Crippen LogP) is 8.97. The highest BCUT2D eigenvalue weighted by Gasteiger charge is 2.09. The molecule has 7 aromatic rings. The first kappa shape index (κ1) is 21.1. The van der Waals surface area contributed by atoms with E-state index in [1.165, 1.54) is 9.40 Å². The van der Waals surface area contributed by atoms with Gasteiger partial charge < -0.3 is 0 Å². The van der Waals surface area contributed by atoms with Gasteiger partial charge in [-0.1, -0.05) is 78.9 Å². The van der Waals surface area contributed by atoms with Crippen molar-refractivity contribution in [1.29, 1.82) is 0 Å². The number of benzene rings is 4. The van der Waals surface area contributed by atoms with Crippen molar-refractivity contribution in [2.75, 3.05) is 0 Å². The zero-order valence-corrected chi connectivity index (χ0v) is 20.8. The molecule has 0 saturated carbocycles. The Hall–Kier alpha value is -4.19. The second-order valence-electron chi connectivity index (χ2n) is 8.54. The number of hydrogen-bond donors (Lipinski definition) is 0. The molecule has 36 heavy (non-hydrogen) atoms. The zero-order valence-electron chi connectivity index (χ0n) is 19.1. The van der Waals surface area contributed by atoms with Gasteiger partial charge in [-0.2, -0.15) is 0 Å². The summed E-state index contributed by atoms with van der Waals surface area (Å²) in [4.78, 5) is 14.5. The van der Waals surface area contributed by atoms with E-state index in [2.05, 4.69) is 103 Å². The molecule has 0 spiro atoms. The molecule has 0 saturated heterocycles. The van der Waals surface area contributed by atoms with Crippen molar-refractivity contribution in [2.24, 2.45) is 0 Å². The number of rotatable bonds is 4. The molecule has 0 unspecified atom stereocenters. The summed E-state index contributed by atoms with van der Waals surface area (Å²) >= 11 is 3.44. The Bertz CT molecular complexity index is 1630. The lowest BCUT2D eigenvalue weighted by Gasteiger charge is -2.07. The summed E-state index contributed by atoms with van der Waals surface area (Å²) in [6, 6.07) is 39.8. The Labute approximate surface area is 216 Å². The van der Waals surface area contributed by atoms with E-state index in [9.17, 15) is 0 Å². The van der Waals surface area contributed by atoms with Gasteiger partial charge in [-0.15, -0.1) is 22.7 Å². The van der Waals surface area contributed by atoms with Crippen LogP contribution in [0.1, 0.15) is 0 Å². The number of nitrogens with zero attached hydrogens (tertiary/aromatic N) is 3. The minimum atomic E-state index is 0.957. The second-order valence-corrected chi connectivity index (χ2v) is 10.6. The van der Waals surface area contributed by atoms with Crippen LogP contribution in [0.2, 0.25) is 0 Å². The summed E-state index contributed by atoms with van der Waals surface area (Å²) in [5.41, 5.74) is 8.44. The Balaban J connectivity index is 1.16. The number of hydrogen-bond acceptors (Lipinski definition) is 5. The van der Waals surface area contributed by atoms with E-state index in [4.69, 9.17) is 15.0 Å². The number of pyridine rings is 1. The molecular weight excluding hydrogens is 478 g/mol. The van der Waals surface area contributed by atoms with Gasteiger partial charge in [0.1, 0.15) is 10.0 Å². The van der Waals surface area contributed by atoms with E-state index >= 15 is 0 Å². The first-order chi connectivity index (χ1) is 17.8. The maximum Gasteiger partial charge on any atom is 0.124 e. The molecule has 170 valence electrons. The molecule has 3 aromatic heterocycles. The molecule has 0 aliphatic carbocycles. The molecule has 3 nitrogen and oxygen atoms in total.